The molecule has 1 aliphatic rings. The minimum atomic E-state index is -0.872. The van der Waals surface area contributed by atoms with Crippen LogP contribution in [-0.4, -0.2) is 50.6 Å². The molecule has 3 rings (SSSR count). The fraction of sp³-hybridized carbons (Fsp3) is 0.333. The molecule has 1 unspecified atom stereocenters. The normalized spacial score (nSPS) is 16.5. The van der Waals surface area contributed by atoms with Crippen LogP contribution in [0.3, 0.4) is 0 Å². The van der Waals surface area contributed by atoms with Gasteiger partial charge in [0.05, 0.1) is 5.56 Å². The Morgan fingerprint density at radius 2 is 2.00 bits per heavy atom. The molecule has 4 N–H and O–H groups in total. The first-order valence-corrected chi connectivity index (χ1v) is 8.20. The van der Waals surface area contributed by atoms with Crippen molar-refractivity contribution in [1.29, 1.82) is 0 Å². The van der Waals surface area contributed by atoms with Crippen LogP contribution in [0, 0.1) is 5.92 Å². The van der Waals surface area contributed by atoms with Crippen LogP contribution in [0.1, 0.15) is 27.9 Å². The number of carbonyl (C=O) groups is 2. The van der Waals surface area contributed by atoms with Gasteiger partial charge in [0.2, 0.25) is 5.95 Å². The Bertz CT molecular complexity index is 736. The molecule has 0 radical (unpaired) electrons. The number of rotatable bonds is 5. The molecular weight excluding hydrogens is 336 g/mol. The number of hydrogen-bond acceptors (Lipinski definition) is 6. The first kappa shape index (κ1) is 19.3. The van der Waals surface area contributed by atoms with Crippen LogP contribution in [0.4, 0.5) is 5.95 Å². The predicted molar refractivity (Wildman–Crippen MR) is 95.6 cm³/mol. The number of aromatic nitrogens is 2. The van der Waals surface area contributed by atoms with Gasteiger partial charge in [-0.2, -0.15) is 0 Å². The second kappa shape index (κ2) is 9.47. The fourth-order valence-electron chi connectivity index (χ4n) is 3.09. The average Bonchev–Trinajstić information content (AvgIpc) is 3.05. The highest BCUT2D eigenvalue weighted by Gasteiger charge is 2.23. The molecule has 0 aliphatic carbocycles. The van der Waals surface area contributed by atoms with Crippen molar-refractivity contribution in [3.8, 4) is 0 Å². The first-order chi connectivity index (χ1) is 12.5. The minimum absolute atomic E-state index is 0.250. The molecule has 1 aromatic heterocycles. The predicted octanol–water partition coefficient (Wildman–Crippen LogP) is 1.52. The van der Waals surface area contributed by atoms with Crippen LogP contribution in [0.25, 0.3) is 0 Å². The number of nitrogens with zero attached hydrogens (tertiary/aromatic N) is 3. The van der Waals surface area contributed by atoms with E-state index in [1.165, 1.54) is 0 Å². The molecular formula is C18H22N4O4. The van der Waals surface area contributed by atoms with Gasteiger partial charge in [0.25, 0.3) is 6.47 Å². The summed E-state index contributed by atoms with van der Waals surface area (Å²) in [6, 6.07) is 7.23. The van der Waals surface area contributed by atoms with Crippen molar-refractivity contribution >= 4 is 18.4 Å². The van der Waals surface area contributed by atoms with Gasteiger partial charge < -0.3 is 15.9 Å². The van der Waals surface area contributed by atoms with Crippen molar-refractivity contribution in [3.63, 3.8) is 0 Å². The third-order valence-corrected chi connectivity index (χ3v) is 4.20. The Kier molecular flexibility index (Phi) is 7.04. The number of nitrogen functional groups attached to an aromatic ring is 1. The maximum absolute atomic E-state index is 11.0. The maximum atomic E-state index is 11.0. The molecule has 0 bridgehead atoms. The highest BCUT2D eigenvalue weighted by molar-refractivity contribution is 5.87. The zero-order valence-corrected chi connectivity index (χ0v) is 14.3. The van der Waals surface area contributed by atoms with Crippen LogP contribution in [0.2, 0.25) is 0 Å². The van der Waals surface area contributed by atoms with Crippen molar-refractivity contribution in [2.45, 2.75) is 19.4 Å². The van der Waals surface area contributed by atoms with E-state index in [2.05, 4.69) is 14.9 Å². The van der Waals surface area contributed by atoms with Crippen molar-refractivity contribution in [2.75, 3.05) is 18.8 Å². The van der Waals surface area contributed by atoms with Crippen LogP contribution in [0.15, 0.2) is 36.7 Å². The summed E-state index contributed by atoms with van der Waals surface area (Å²) in [6.45, 7) is 2.61. The minimum Gasteiger partial charge on any atom is -0.483 e. The van der Waals surface area contributed by atoms with E-state index in [9.17, 15) is 4.79 Å². The molecule has 1 aromatic carbocycles. The topological polar surface area (TPSA) is 130 Å². The molecule has 26 heavy (non-hydrogen) atoms. The van der Waals surface area contributed by atoms with Gasteiger partial charge in [0.1, 0.15) is 0 Å². The lowest BCUT2D eigenvalue weighted by Crippen LogP contribution is -2.21. The SMILES string of the molecule is Nc1ncc(CN2CCC(Cc3cccc(C(=O)O)c3)C2)cn1.O=CO. The highest BCUT2D eigenvalue weighted by atomic mass is 16.4. The second-order valence-corrected chi connectivity index (χ2v) is 6.15. The summed E-state index contributed by atoms with van der Waals surface area (Å²) in [4.78, 5) is 29.8. The Morgan fingerprint density at radius 1 is 1.31 bits per heavy atom. The first-order valence-electron chi connectivity index (χ1n) is 8.20. The molecule has 0 amide bonds. The maximum Gasteiger partial charge on any atom is 0.335 e. The lowest BCUT2D eigenvalue weighted by Gasteiger charge is -2.16. The Balaban J connectivity index is 0.000000758. The van der Waals surface area contributed by atoms with Crippen LogP contribution in [-0.2, 0) is 17.8 Å². The van der Waals surface area contributed by atoms with E-state index in [4.69, 9.17) is 20.7 Å². The molecule has 1 fully saturated rings. The Hall–Kier alpha value is -3.00. The summed E-state index contributed by atoms with van der Waals surface area (Å²) >= 11 is 0. The van der Waals surface area contributed by atoms with Crippen molar-refractivity contribution in [3.05, 3.63) is 53.3 Å². The second-order valence-electron chi connectivity index (χ2n) is 6.15. The number of carboxylic acid groups (broad SMARTS) is 2. The zero-order chi connectivity index (χ0) is 18.9. The monoisotopic (exact) mass is 358 g/mol. The molecule has 1 atom stereocenters. The van der Waals surface area contributed by atoms with Crippen molar-refractivity contribution < 1.29 is 19.8 Å². The van der Waals surface area contributed by atoms with Gasteiger partial charge in [-0.05, 0) is 43.0 Å². The lowest BCUT2D eigenvalue weighted by molar-refractivity contribution is -0.122. The number of likely N-dealkylation sites (tertiary alicyclic amines) is 1. The van der Waals surface area contributed by atoms with Gasteiger partial charge in [0.15, 0.2) is 0 Å². The van der Waals surface area contributed by atoms with Crippen LogP contribution in [0.5, 0.6) is 0 Å². The number of aromatic carboxylic acids is 1. The summed E-state index contributed by atoms with van der Waals surface area (Å²) in [6.07, 6.45) is 5.57. The van der Waals surface area contributed by atoms with E-state index >= 15 is 0 Å². The molecule has 138 valence electrons. The van der Waals surface area contributed by atoms with E-state index in [0.29, 0.717) is 17.4 Å². The van der Waals surface area contributed by atoms with E-state index in [1.807, 2.05) is 12.1 Å². The summed E-state index contributed by atoms with van der Waals surface area (Å²) in [5.41, 5.74) is 8.01. The quantitative estimate of drug-likeness (QED) is 0.686. The Morgan fingerprint density at radius 3 is 2.65 bits per heavy atom. The van der Waals surface area contributed by atoms with Gasteiger partial charge in [-0.25, -0.2) is 14.8 Å². The van der Waals surface area contributed by atoms with Crippen LogP contribution >= 0.6 is 0 Å². The van der Waals surface area contributed by atoms with Gasteiger partial charge in [-0.3, -0.25) is 9.69 Å². The van der Waals surface area contributed by atoms with Crippen molar-refractivity contribution in [1.82, 2.24) is 14.9 Å². The van der Waals surface area contributed by atoms with Gasteiger partial charge >= 0.3 is 5.97 Å². The molecule has 8 nitrogen and oxygen atoms in total. The fourth-order valence-corrected chi connectivity index (χ4v) is 3.09. The summed E-state index contributed by atoms with van der Waals surface area (Å²) in [5, 5.41) is 16.0. The number of anilines is 1. The van der Waals surface area contributed by atoms with E-state index < -0.39 is 5.97 Å². The molecule has 0 spiro atoms. The molecule has 1 saturated heterocycles. The van der Waals surface area contributed by atoms with Gasteiger partial charge in [0, 0.05) is 31.0 Å². The number of nitrogens with two attached hydrogens (primary N) is 1. The summed E-state index contributed by atoms with van der Waals surface area (Å²) < 4.78 is 0. The highest BCUT2D eigenvalue weighted by Crippen LogP contribution is 2.22. The molecule has 2 heterocycles. The van der Waals surface area contributed by atoms with Crippen molar-refractivity contribution in [2.24, 2.45) is 5.92 Å². The zero-order valence-electron chi connectivity index (χ0n) is 14.3. The standard InChI is InChI=1S/C17H20N4O2.CH2O2/c18-17-19-8-14(9-20-17)11-21-5-4-13(10-21)6-12-2-1-3-15(7-12)16(22)23;2-1-3/h1-3,7-9,13H,4-6,10-11H2,(H,22,23)(H2,18,19,20);1H,(H,2,3). The molecule has 0 saturated carbocycles. The van der Waals surface area contributed by atoms with Gasteiger partial charge in [-0.1, -0.05) is 12.1 Å². The van der Waals surface area contributed by atoms with Gasteiger partial charge in [-0.15, -0.1) is 0 Å². The molecule has 2 aromatic rings. The van der Waals surface area contributed by atoms with E-state index in [-0.39, 0.29) is 6.47 Å². The third-order valence-electron chi connectivity index (χ3n) is 4.20. The largest absolute Gasteiger partial charge is 0.483 e. The molecule has 1 aliphatic heterocycles. The Labute approximate surface area is 151 Å². The third kappa shape index (κ3) is 5.82. The number of hydrogen-bond donors (Lipinski definition) is 3. The number of carboxylic acids is 1. The lowest BCUT2D eigenvalue weighted by atomic mass is 9.97. The van der Waals surface area contributed by atoms with E-state index in [1.54, 1.807) is 24.5 Å². The van der Waals surface area contributed by atoms with Crippen LogP contribution < -0.4 is 5.73 Å². The summed E-state index contributed by atoms with van der Waals surface area (Å²) in [7, 11) is 0. The van der Waals surface area contributed by atoms with E-state index in [0.717, 1.165) is 43.6 Å². The molecule has 8 heteroatoms. The smallest absolute Gasteiger partial charge is 0.335 e. The number of benzene rings is 1. The summed E-state index contributed by atoms with van der Waals surface area (Å²) in [5.74, 6) is -0.0247. The average molecular weight is 358 g/mol.